The fourth-order valence-electron chi connectivity index (χ4n) is 2.91. The van der Waals surface area contributed by atoms with Crippen LogP contribution in [-0.2, 0) is 4.79 Å². The monoisotopic (exact) mass is 343 g/mol. The third kappa shape index (κ3) is 4.57. The summed E-state index contributed by atoms with van der Waals surface area (Å²) in [6.45, 7) is 2.18. The number of carbonyl (C=O) groups excluding carboxylic acids is 1. The number of amides is 1. The van der Waals surface area contributed by atoms with Gasteiger partial charge in [-0.2, -0.15) is 0 Å². The third-order valence-corrected chi connectivity index (χ3v) is 4.38. The number of hydrogen-bond acceptors (Lipinski definition) is 3. The van der Waals surface area contributed by atoms with E-state index in [1.165, 1.54) is 6.07 Å². The highest BCUT2D eigenvalue weighted by Gasteiger charge is 2.45. The van der Waals surface area contributed by atoms with Crippen LogP contribution in [0.5, 0.6) is 5.75 Å². The van der Waals surface area contributed by atoms with E-state index in [-0.39, 0.29) is 36.7 Å². The van der Waals surface area contributed by atoms with Crippen LogP contribution >= 0.6 is 0 Å². The Morgan fingerprint density at radius 1 is 1.32 bits per heavy atom. The van der Waals surface area contributed by atoms with Gasteiger partial charge >= 0.3 is 0 Å². The highest BCUT2D eigenvalue weighted by Crippen LogP contribution is 2.48. The fraction of sp³-hybridized carbons (Fsp3) is 0.350. The minimum absolute atomic E-state index is 0.0677. The zero-order valence-corrected chi connectivity index (χ0v) is 14.1. The second kappa shape index (κ2) is 7.66. The average molecular weight is 343 g/mol. The van der Waals surface area contributed by atoms with Crippen molar-refractivity contribution >= 4 is 5.91 Å². The van der Waals surface area contributed by atoms with Crippen LogP contribution in [0.15, 0.2) is 48.5 Å². The normalized spacial score (nSPS) is 20.0. The Labute approximate surface area is 146 Å². The first kappa shape index (κ1) is 17.4. The summed E-state index contributed by atoms with van der Waals surface area (Å²) < 4.78 is 19.2. The molecule has 2 aromatic carbocycles. The lowest BCUT2D eigenvalue weighted by Crippen LogP contribution is -2.36. The largest absolute Gasteiger partial charge is 0.491 e. The average Bonchev–Trinajstić information content (AvgIpc) is 3.39. The van der Waals surface area contributed by atoms with Crippen molar-refractivity contribution in [2.45, 2.75) is 25.4 Å². The third-order valence-electron chi connectivity index (χ3n) is 4.38. The number of hydrogen-bond donors (Lipinski definition) is 2. The van der Waals surface area contributed by atoms with E-state index in [2.05, 4.69) is 5.32 Å². The van der Waals surface area contributed by atoms with E-state index in [9.17, 15) is 14.3 Å². The first-order valence-electron chi connectivity index (χ1n) is 8.44. The van der Waals surface area contributed by atoms with E-state index < -0.39 is 6.10 Å². The molecule has 0 aliphatic heterocycles. The molecule has 25 heavy (non-hydrogen) atoms. The van der Waals surface area contributed by atoms with Crippen molar-refractivity contribution in [1.29, 1.82) is 0 Å². The molecule has 132 valence electrons. The summed E-state index contributed by atoms with van der Waals surface area (Å²) in [7, 11) is 0. The minimum Gasteiger partial charge on any atom is -0.491 e. The first-order chi connectivity index (χ1) is 12.0. The van der Waals surface area contributed by atoms with Crippen LogP contribution < -0.4 is 10.1 Å². The Kier molecular flexibility index (Phi) is 5.34. The van der Waals surface area contributed by atoms with E-state index in [1.54, 1.807) is 18.2 Å². The van der Waals surface area contributed by atoms with Crippen molar-refractivity contribution in [2.24, 2.45) is 5.92 Å². The standard InChI is InChI=1S/C20H22FNO3/c1-13-5-4-6-15(9-13)25-12-14(23)11-22-20(24)18-10-17(18)16-7-2-3-8-19(16)21/h2-9,14,17-18,23H,10-12H2,1H3,(H,22,24). The minimum atomic E-state index is -0.796. The van der Waals surface area contributed by atoms with Gasteiger partial charge in [-0.25, -0.2) is 4.39 Å². The zero-order valence-electron chi connectivity index (χ0n) is 14.1. The van der Waals surface area contributed by atoms with Crippen molar-refractivity contribution in [1.82, 2.24) is 5.32 Å². The molecule has 3 unspecified atom stereocenters. The number of aryl methyl sites for hydroxylation is 1. The van der Waals surface area contributed by atoms with Gasteiger partial charge in [0.05, 0.1) is 0 Å². The van der Waals surface area contributed by atoms with E-state index in [0.717, 1.165) is 5.56 Å². The molecule has 1 amide bonds. The lowest BCUT2D eigenvalue weighted by Gasteiger charge is -2.13. The SMILES string of the molecule is Cc1cccc(OCC(O)CNC(=O)C2CC2c2ccccc2F)c1. The smallest absolute Gasteiger partial charge is 0.223 e. The molecule has 5 heteroatoms. The molecule has 4 nitrogen and oxygen atoms in total. The molecule has 1 fully saturated rings. The van der Waals surface area contributed by atoms with Crippen LogP contribution in [0.1, 0.15) is 23.5 Å². The van der Waals surface area contributed by atoms with Gasteiger partial charge in [0.25, 0.3) is 0 Å². The van der Waals surface area contributed by atoms with E-state index in [0.29, 0.717) is 17.7 Å². The van der Waals surface area contributed by atoms with E-state index in [1.807, 2.05) is 31.2 Å². The number of aliphatic hydroxyl groups is 1. The van der Waals surface area contributed by atoms with E-state index in [4.69, 9.17) is 4.74 Å². The van der Waals surface area contributed by atoms with Crippen LogP contribution in [0.3, 0.4) is 0 Å². The Hall–Kier alpha value is -2.40. The molecule has 2 N–H and O–H groups in total. The highest BCUT2D eigenvalue weighted by atomic mass is 19.1. The second-order valence-electron chi connectivity index (χ2n) is 6.50. The maximum absolute atomic E-state index is 13.7. The molecule has 2 aromatic rings. The molecular weight excluding hydrogens is 321 g/mol. The van der Waals surface area contributed by atoms with Crippen LogP contribution in [-0.4, -0.2) is 30.3 Å². The van der Waals surface area contributed by atoms with Gasteiger partial charge < -0.3 is 15.2 Å². The molecule has 0 heterocycles. The van der Waals surface area contributed by atoms with Crippen molar-refractivity contribution in [3.05, 3.63) is 65.5 Å². The van der Waals surface area contributed by atoms with Gasteiger partial charge in [-0.05, 0) is 48.6 Å². The summed E-state index contributed by atoms with van der Waals surface area (Å²) in [5, 5.41) is 12.7. The molecule has 0 bridgehead atoms. The summed E-state index contributed by atoms with van der Waals surface area (Å²) >= 11 is 0. The molecule has 3 rings (SSSR count). The topological polar surface area (TPSA) is 58.6 Å². The molecule has 0 spiro atoms. The van der Waals surface area contributed by atoms with E-state index >= 15 is 0 Å². The summed E-state index contributed by atoms with van der Waals surface area (Å²) in [4.78, 5) is 12.1. The lowest BCUT2D eigenvalue weighted by molar-refractivity contribution is -0.122. The Morgan fingerprint density at radius 2 is 2.12 bits per heavy atom. The summed E-state index contributed by atoms with van der Waals surface area (Å²) in [5.41, 5.74) is 1.67. The fourth-order valence-corrected chi connectivity index (χ4v) is 2.91. The molecule has 3 atom stereocenters. The van der Waals surface area contributed by atoms with Crippen molar-refractivity contribution in [2.75, 3.05) is 13.2 Å². The maximum atomic E-state index is 13.7. The van der Waals surface area contributed by atoms with Crippen molar-refractivity contribution in [3.8, 4) is 5.75 Å². The quantitative estimate of drug-likeness (QED) is 0.813. The first-order valence-corrected chi connectivity index (χ1v) is 8.44. The van der Waals surface area contributed by atoms with Gasteiger partial charge in [0.1, 0.15) is 24.3 Å². The van der Waals surface area contributed by atoms with Crippen molar-refractivity contribution < 1.29 is 19.0 Å². The van der Waals surface area contributed by atoms with Gasteiger partial charge in [0.2, 0.25) is 5.91 Å². The maximum Gasteiger partial charge on any atom is 0.223 e. The van der Waals surface area contributed by atoms with Crippen LogP contribution in [0.4, 0.5) is 4.39 Å². The lowest BCUT2D eigenvalue weighted by atomic mass is 10.1. The summed E-state index contributed by atoms with van der Waals surface area (Å²) in [6, 6.07) is 14.1. The number of benzene rings is 2. The molecule has 1 aliphatic carbocycles. The number of carbonyl (C=O) groups is 1. The highest BCUT2D eigenvalue weighted by molar-refractivity contribution is 5.82. The van der Waals surface area contributed by atoms with Crippen LogP contribution in [0, 0.1) is 18.7 Å². The van der Waals surface area contributed by atoms with Gasteiger partial charge in [-0.3, -0.25) is 4.79 Å². The van der Waals surface area contributed by atoms with Gasteiger partial charge in [0.15, 0.2) is 0 Å². The molecule has 0 saturated heterocycles. The molecule has 1 aliphatic rings. The number of halogens is 1. The van der Waals surface area contributed by atoms with Crippen LogP contribution in [0.25, 0.3) is 0 Å². The molecule has 0 radical (unpaired) electrons. The van der Waals surface area contributed by atoms with Crippen LogP contribution in [0.2, 0.25) is 0 Å². The Bertz CT molecular complexity index is 749. The molecular formula is C20H22FNO3. The van der Waals surface area contributed by atoms with Gasteiger partial charge in [-0.15, -0.1) is 0 Å². The second-order valence-corrected chi connectivity index (χ2v) is 6.50. The molecule has 0 aromatic heterocycles. The number of rotatable bonds is 7. The Morgan fingerprint density at radius 3 is 2.88 bits per heavy atom. The summed E-state index contributed by atoms with van der Waals surface area (Å²) in [5.74, 6) is -0.0203. The number of ether oxygens (including phenoxy) is 1. The predicted molar refractivity (Wildman–Crippen MR) is 92.9 cm³/mol. The number of nitrogens with one attached hydrogen (secondary N) is 1. The predicted octanol–water partition coefficient (Wildman–Crippen LogP) is 2.79. The van der Waals surface area contributed by atoms with Gasteiger partial charge in [0, 0.05) is 12.5 Å². The molecule has 1 saturated carbocycles. The Balaban J connectivity index is 1.41. The number of aliphatic hydroxyl groups excluding tert-OH is 1. The van der Waals surface area contributed by atoms with Crippen molar-refractivity contribution in [3.63, 3.8) is 0 Å². The zero-order chi connectivity index (χ0) is 17.8. The summed E-state index contributed by atoms with van der Waals surface area (Å²) in [6.07, 6.45) is -0.155. The van der Waals surface area contributed by atoms with Gasteiger partial charge in [-0.1, -0.05) is 30.3 Å².